The molecule has 3 aliphatic rings. The van der Waals surface area contributed by atoms with Gasteiger partial charge in [0.25, 0.3) is 0 Å². The van der Waals surface area contributed by atoms with Gasteiger partial charge >= 0.3 is 0 Å². The van der Waals surface area contributed by atoms with Gasteiger partial charge in [-0.25, -0.2) is 0 Å². The number of anilines is 6. The van der Waals surface area contributed by atoms with Gasteiger partial charge < -0.3 is 9.80 Å². The van der Waals surface area contributed by atoms with E-state index >= 15 is 0 Å². The highest BCUT2D eigenvalue weighted by molar-refractivity contribution is 5.88. The van der Waals surface area contributed by atoms with Crippen molar-refractivity contribution in [2.24, 2.45) is 0 Å². The zero-order valence-electron chi connectivity index (χ0n) is 36.7. The second-order valence-corrected chi connectivity index (χ2v) is 20.1. The van der Waals surface area contributed by atoms with E-state index < -0.39 is 0 Å². The molecule has 0 bridgehead atoms. The zero-order chi connectivity index (χ0) is 40.8. The Bertz CT molecular complexity index is 2290. The summed E-state index contributed by atoms with van der Waals surface area (Å²) in [5.74, 6) is 0. The molecule has 0 radical (unpaired) electrons. The van der Waals surface area contributed by atoms with Crippen molar-refractivity contribution in [3.8, 4) is 11.1 Å². The van der Waals surface area contributed by atoms with E-state index in [2.05, 4.69) is 200 Å². The maximum atomic E-state index is 2.63. The van der Waals surface area contributed by atoms with Crippen LogP contribution in [0.15, 0.2) is 121 Å². The molecular weight excluding hydrogens is 701 g/mol. The van der Waals surface area contributed by atoms with E-state index in [-0.39, 0.29) is 21.7 Å². The molecule has 296 valence electrons. The molecule has 2 heteroatoms. The molecule has 2 saturated carbocycles. The maximum absolute atomic E-state index is 2.63. The molecule has 6 aromatic rings. The largest absolute Gasteiger partial charge is 0.310 e. The Morgan fingerprint density at radius 3 is 1.03 bits per heavy atom. The van der Waals surface area contributed by atoms with Gasteiger partial charge in [-0.2, -0.15) is 0 Å². The van der Waals surface area contributed by atoms with Gasteiger partial charge in [0.05, 0.1) is 11.4 Å². The molecular formula is C56H62N2. The van der Waals surface area contributed by atoms with Gasteiger partial charge in [-0.1, -0.05) is 127 Å². The number of nitrogens with zero attached hydrogens (tertiary/aromatic N) is 2. The van der Waals surface area contributed by atoms with Gasteiger partial charge in [0.15, 0.2) is 0 Å². The summed E-state index contributed by atoms with van der Waals surface area (Å²) in [6, 6.07) is 46.8. The molecule has 9 rings (SSSR count). The van der Waals surface area contributed by atoms with Crippen LogP contribution in [0.2, 0.25) is 0 Å². The molecule has 58 heavy (non-hydrogen) atoms. The molecule has 3 aliphatic carbocycles. The SMILES string of the molecule is Cc1cc(C(C)(C)C)cc(C)c1N(c1ccccc1)c1ccc2c(c1)C13CCCC1(CCC3)c1cc(N(c3ccccc3)c3c(C)cc(C(C)(C)C)cc3C)ccc1-2. The van der Waals surface area contributed by atoms with E-state index in [1.165, 1.54) is 117 Å². The quantitative estimate of drug-likeness (QED) is 0.167. The van der Waals surface area contributed by atoms with E-state index in [0.717, 1.165) is 0 Å². The summed E-state index contributed by atoms with van der Waals surface area (Å²) < 4.78 is 0. The highest BCUT2D eigenvalue weighted by Gasteiger charge is 2.62. The molecule has 0 aliphatic heterocycles. The van der Waals surface area contributed by atoms with Crippen LogP contribution in [0.25, 0.3) is 11.1 Å². The fourth-order valence-corrected chi connectivity index (χ4v) is 11.7. The topological polar surface area (TPSA) is 6.48 Å². The fourth-order valence-electron chi connectivity index (χ4n) is 11.7. The molecule has 0 saturated heterocycles. The third kappa shape index (κ3) is 5.96. The maximum Gasteiger partial charge on any atom is 0.0520 e. The van der Waals surface area contributed by atoms with Crippen LogP contribution >= 0.6 is 0 Å². The van der Waals surface area contributed by atoms with Crippen molar-refractivity contribution < 1.29 is 0 Å². The normalized spacial score (nSPS) is 19.6. The minimum atomic E-state index is 0.0881. The highest BCUT2D eigenvalue weighted by atomic mass is 15.2. The number of rotatable bonds is 6. The summed E-state index contributed by atoms with van der Waals surface area (Å²) in [4.78, 5) is 5.09. The molecule has 0 unspecified atom stereocenters. The van der Waals surface area contributed by atoms with Crippen molar-refractivity contribution in [2.45, 2.75) is 129 Å². The third-order valence-electron chi connectivity index (χ3n) is 14.4. The highest BCUT2D eigenvalue weighted by Crippen LogP contribution is 2.70. The summed E-state index contributed by atoms with van der Waals surface area (Å²) in [5.41, 5.74) is 22.0. The first kappa shape index (κ1) is 38.4. The summed E-state index contributed by atoms with van der Waals surface area (Å²) in [6.45, 7) is 23.1. The van der Waals surface area contributed by atoms with Crippen LogP contribution in [0.5, 0.6) is 0 Å². The first-order chi connectivity index (χ1) is 27.6. The first-order valence-electron chi connectivity index (χ1n) is 21.9. The Kier molecular flexibility index (Phi) is 9.12. The van der Waals surface area contributed by atoms with Gasteiger partial charge in [-0.15, -0.1) is 0 Å². The lowest BCUT2D eigenvalue weighted by molar-refractivity contribution is 0.299. The van der Waals surface area contributed by atoms with E-state index in [4.69, 9.17) is 0 Å². The van der Waals surface area contributed by atoms with E-state index in [0.29, 0.717) is 0 Å². The second-order valence-electron chi connectivity index (χ2n) is 20.1. The minimum absolute atomic E-state index is 0.0881. The summed E-state index contributed by atoms with van der Waals surface area (Å²) in [5, 5.41) is 0. The molecule has 0 atom stereocenters. The van der Waals surface area contributed by atoms with Crippen molar-refractivity contribution in [1.29, 1.82) is 0 Å². The Morgan fingerprint density at radius 2 is 0.724 bits per heavy atom. The Labute approximate surface area is 349 Å². The van der Waals surface area contributed by atoms with E-state index in [1.54, 1.807) is 11.1 Å². The van der Waals surface area contributed by atoms with Gasteiger partial charge in [0.2, 0.25) is 0 Å². The van der Waals surface area contributed by atoms with Crippen LogP contribution in [0.3, 0.4) is 0 Å². The number of benzene rings is 6. The number of hydrogen-bond donors (Lipinski definition) is 0. The molecule has 0 spiro atoms. The van der Waals surface area contributed by atoms with E-state index in [9.17, 15) is 0 Å². The summed E-state index contributed by atoms with van der Waals surface area (Å²) in [7, 11) is 0. The first-order valence-corrected chi connectivity index (χ1v) is 21.9. The van der Waals surface area contributed by atoms with Gasteiger partial charge in [-0.05, 0) is 168 Å². The second kappa shape index (κ2) is 13.8. The Morgan fingerprint density at radius 1 is 0.397 bits per heavy atom. The predicted molar refractivity (Wildman–Crippen MR) is 249 cm³/mol. The molecule has 6 aromatic carbocycles. The number of hydrogen-bond acceptors (Lipinski definition) is 2. The monoisotopic (exact) mass is 762 g/mol. The lowest BCUT2D eigenvalue weighted by atomic mass is 9.55. The molecule has 2 fully saturated rings. The van der Waals surface area contributed by atoms with Gasteiger partial charge in [0, 0.05) is 33.6 Å². The van der Waals surface area contributed by atoms with Gasteiger partial charge in [0.1, 0.15) is 0 Å². The van der Waals surface area contributed by atoms with E-state index in [1.807, 2.05) is 0 Å². The smallest absolute Gasteiger partial charge is 0.0520 e. The van der Waals surface area contributed by atoms with Crippen LogP contribution in [0, 0.1) is 27.7 Å². The zero-order valence-corrected chi connectivity index (χ0v) is 36.7. The fraction of sp³-hybridized carbons (Fsp3) is 0.357. The third-order valence-corrected chi connectivity index (χ3v) is 14.4. The number of fused-ring (bicyclic) bond motifs is 3. The average Bonchev–Trinajstić information content (AvgIpc) is 3.76. The molecule has 0 amide bonds. The molecule has 0 aromatic heterocycles. The minimum Gasteiger partial charge on any atom is -0.310 e. The van der Waals surface area contributed by atoms with Crippen LogP contribution in [0.4, 0.5) is 34.1 Å². The lowest BCUT2D eigenvalue weighted by Crippen LogP contribution is -2.43. The van der Waals surface area contributed by atoms with Crippen LogP contribution in [0.1, 0.15) is 125 Å². The summed E-state index contributed by atoms with van der Waals surface area (Å²) in [6.07, 6.45) is 7.57. The van der Waals surface area contributed by atoms with Crippen molar-refractivity contribution >= 4 is 34.1 Å². The lowest BCUT2D eigenvalue weighted by Gasteiger charge is -2.48. The van der Waals surface area contributed by atoms with Crippen molar-refractivity contribution in [3.05, 3.63) is 166 Å². The van der Waals surface area contributed by atoms with Crippen molar-refractivity contribution in [2.75, 3.05) is 9.80 Å². The van der Waals surface area contributed by atoms with Crippen LogP contribution < -0.4 is 9.80 Å². The standard InChI is InChI=1S/C56H62N2/c1-37-31-41(53(5,6)7)32-38(2)51(37)57(43-19-13-11-14-20-43)45-23-25-47-48-26-24-46(36-50(48)56-29-17-27-55(56,28-18-30-56)49(47)35-45)58(44-21-15-12-16-22-44)52-39(3)33-42(34-40(52)4)54(8,9)10/h11-16,19-26,31-36H,17-18,27-30H2,1-10H3. The number of para-hydroxylation sites is 2. The van der Waals surface area contributed by atoms with Gasteiger partial charge in [-0.3, -0.25) is 0 Å². The summed E-state index contributed by atoms with van der Waals surface area (Å²) >= 11 is 0. The predicted octanol–water partition coefficient (Wildman–Crippen LogP) is 16.0. The Hall–Kier alpha value is -5.08. The number of aryl methyl sites for hydroxylation is 4. The molecule has 0 heterocycles. The average molecular weight is 763 g/mol. The molecule has 0 N–H and O–H groups in total. The van der Waals surface area contributed by atoms with Crippen molar-refractivity contribution in [3.63, 3.8) is 0 Å². The van der Waals surface area contributed by atoms with Crippen molar-refractivity contribution in [1.82, 2.24) is 0 Å². The molecule has 2 nitrogen and oxygen atoms in total. The Balaban J connectivity index is 1.24. The van der Waals surface area contributed by atoms with Crippen LogP contribution in [-0.4, -0.2) is 0 Å². The van der Waals surface area contributed by atoms with Crippen LogP contribution in [-0.2, 0) is 21.7 Å².